The smallest absolute Gasteiger partial charge is 0.373 e. The van der Waals surface area contributed by atoms with Crippen LogP contribution in [-0.2, 0) is 12.7 Å². The first-order valence-corrected chi connectivity index (χ1v) is 12.5. The standard InChI is InChI=1S/C26H34ClF3N4/c1-3-33-12-4-5-24(33)19-31(2)23-10-11-25(26(28,29)30)20(17-23)18-32-13-15-34(16-14-32)22-8-6-21(27)7-9-22/h6-11,17,24H,3-5,12-16,18-19H2,1-2H3. The number of likely N-dealkylation sites (tertiary alicyclic amines) is 1. The highest BCUT2D eigenvalue weighted by atomic mass is 35.5. The maximum atomic E-state index is 13.8. The van der Waals surface area contributed by atoms with Crippen LogP contribution in [0.5, 0.6) is 0 Å². The maximum absolute atomic E-state index is 13.8. The third-order valence-corrected chi connectivity index (χ3v) is 7.43. The van der Waals surface area contributed by atoms with Crippen molar-refractivity contribution in [2.75, 3.05) is 62.7 Å². The second-order valence-corrected chi connectivity index (χ2v) is 9.82. The molecule has 4 rings (SSSR count). The van der Waals surface area contributed by atoms with Crippen LogP contribution >= 0.6 is 11.6 Å². The fourth-order valence-electron chi connectivity index (χ4n) is 5.22. The lowest BCUT2D eigenvalue weighted by Gasteiger charge is -2.36. The van der Waals surface area contributed by atoms with Crippen LogP contribution in [0.2, 0.25) is 5.02 Å². The Bertz CT molecular complexity index is 942. The normalized spacial score (nSPS) is 20.2. The molecular weight excluding hydrogens is 461 g/mol. The molecule has 0 saturated carbocycles. The van der Waals surface area contributed by atoms with Gasteiger partial charge in [0.25, 0.3) is 0 Å². The summed E-state index contributed by atoms with van der Waals surface area (Å²) in [5.74, 6) is 0. The molecule has 4 nitrogen and oxygen atoms in total. The molecule has 2 aromatic carbocycles. The van der Waals surface area contributed by atoms with Crippen LogP contribution in [0.4, 0.5) is 24.5 Å². The van der Waals surface area contributed by atoms with Crippen LogP contribution in [0.3, 0.4) is 0 Å². The topological polar surface area (TPSA) is 13.0 Å². The minimum atomic E-state index is -4.36. The van der Waals surface area contributed by atoms with Crippen molar-refractivity contribution in [2.24, 2.45) is 0 Å². The highest BCUT2D eigenvalue weighted by Gasteiger charge is 2.34. The Morgan fingerprint density at radius 2 is 1.71 bits per heavy atom. The Morgan fingerprint density at radius 1 is 1.00 bits per heavy atom. The van der Waals surface area contributed by atoms with Crippen LogP contribution < -0.4 is 9.80 Å². The van der Waals surface area contributed by atoms with Crippen LogP contribution in [0.25, 0.3) is 0 Å². The predicted octanol–water partition coefficient (Wildman–Crippen LogP) is 5.60. The van der Waals surface area contributed by atoms with Gasteiger partial charge in [-0.1, -0.05) is 18.5 Å². The van der Waals surface area contributed by atoms with Gasteiger partial charge in [-0.3, -0.25) is 9.80 Å². The molecule has 2 aliphatic heterocycles. The number of halogens is 4. The fraction of sp³-hybridized carbons (Fsp3) is 0.538. The minimum Gasteiger partial charge on any atom is -0.373 e. The molecule has 2 fully saturated rings. The molecule has 2 aromatic rings. The van der Waals surface area contributed by atoms with Crippen molar-refractivity contribution >= 4 is 23.0 Å². The maximum Gasteiger partial charge on any atom is 0.416 e. The Morgan fingerprint density at radius 3 is 2.35 bits per heavy atom. The van der Waals surface area contributed by atoms with E-state index in [9.17, 15) is 13.2 Å². The zero-order chi connectivity index (χ0) is 24.3. The summed E-state index contributed by atoms with van der Waals surface area (Å²) in [4.78, 5) is 8.95. The van der Waals surface area contributed by atoms with Crippen molar-refractivity contribution in [1.82, 2.24) is 9.80 Å². The molecule has 0 amide bonds. The molecule has 186 valence electrons. The quantitative estimate of drug-likeness (QED) is 0.496. The summed E-state index contributed by atoms with van der Waals surface area (Å²) >= 11 is 5.99. The van der Waals surface area contributed by atoms with Crippen LogP contribution in [0, 0.1) is 0 Å². The Hall–Kier alpha value is -1.96. The lowest BCUT2D eigenvalue weighted by molar-refractivity contribution is -0.138. The van der Waals surface area contributed by atoms with Crippen molar-refractivity contribution in [1.29, 1.82) is 0 Å². The molecule has 8 heteroatoms. The van der Waals surface area contributed by atoms with Crippen molar-refractivity contribution in [3.63, 3.8) is 0 Å². The van der Waals surface area contributed by atoms with E-state index in [1.54, 1.807) is 12.1 Å². The van der Waals surface area contributed by atoms with Crippen LogP contribution in [0.15, 0.2) is 42.5 Å². The first-order chi connectivity index (χ1) is 16.2. The summed E-state index contributed by atoms with van der Waals surface area (Å²) in [5, 5.41) is 0.697. The molecule has 0 N–H and O–H groups in total. The van der Waals surface area contributed by atoms with E-state index in [4.69, 9.17) is 11.6 Å². The number of hydrogen-bond acceptors (Lipinski definition) is 4. The van der Waals surface area contributed by atoms with Crippen molar-refractivity contribution < 1.29 is 13.2 Å². The van der Waals surface area contributed by atoms with E-state index in [2.05, 4.69) is 26.5 Å². The molecule has 1 atom stereocenters. The first kappa shape index (κ1) is 25.1. The summed E-state index contributed by atoms with van der Waals surface area (Å²) in [6.45, 7) is 8.40. The monoisotopic (exact) mass is 494 g/mol. The van der Waals surface area contributed by atoms with Gasteiger partial charge in [-0.25, -0.2) is 0 Å². The van der Waals surface area contributed by atoms with E-state index in [1.165, 1.54) is 12.5 Å². The number of likely N-dealkylation sites (N-methyl/N-ethyl adjacent to an activating group) is 2. The van der Waals surface area contributed by atoms with Gasteiger partial charge in [-0.2, -0.15) is 13.2 Å². The van der Waals surface area contributed by atoms with E-state index < -0.39 is 11.7 Å². The summed E-state index contributed by atoms with van der Waals surface area (Å²) < 4.78 is 41.5. The van der Waals surface area contributed by atoms with Crippen molar-refractivity contribution in [2.45, 2.75) is 38.5 Å². The highest BCUT2D eigenvalue weighted by Crippen LogP contribution is 2.35. The fourth-order valence-corrected chi connectivity index (χ4v) is 5.35. The number of alkyl halides is 3. The molecule has 0 aliphatic carbocycles. The minimum absolute atomic E-state index is 0.301. The van der Waals surface area contributed by atoms with Crippen LogP contribution in [-0.4, -0.2) is 68.7 Å². The number of benzene rings is 2. The van der Waals surface area contributed by atoms with Gasteiger partial charge in [0.1, 0.15) is 0 Å². The summed E-state index contributed by atoms with van der Waals surface area (Å²) in [6, 6.07) is 12.8. The van der Waals surface area contributed by atoms with Gasteiger partial charge in [0.2, 0.25) is 0 Å². The lowest BCUT2D eigenvalue weighted by Crippen LogP contribution is -2.46. The van der Waals surface area contributed by atoms with Gasteiger partial charge in [0, 0.05) is 68.8 Å². The Labute approximate surface area is 205 Å². The molecule has 0 bridgehead atoms. The molecule has 0 aromatic heterocycles. The van der Waals surface area contributed by atoms with Crippen molar-refractivity contribution in [3.05, 3.63) is 58.6 Å². The zero-order valence-electron chi connectivity index (χ0n) is 20.0. The van der Waals surface area contributed by atoms with Gasteiger partial charge in [-0.05, 0) is 74.0 Å². The molecule has 34 heavy (non-hydrogen) atoms. The number of rotatable bonds is 7. The van der Waals surface area contributed by atoms with Crippen molar-refractivity contribution in [3.8, 4) is 0 Å². The van der Waals surface area contributed by atoms with E-state index >= 15 is 0 Å². The van der Waals surface area contributed by atoms with Gasteiger partial charge in [0.15, 0.2) is 0 Å². The SMILES string of the molecule is CCN1CCCC1CN(C)c1ccc(C(F)(F)F)c(CN2CCN(c3ccc(Cl)cc3)CC2)c1. The molecule has 0 spiro atoms. The first-order valence-electron chi connectivity index (χ1n) is 12.1. The molecule has 2 aliphatic rings. The van der Waals surface area contributed by atoms with E-state index in [0.29, 0.717) is 36.3 Å². The number of anilines is 2. The van der Waals surface area contributed by atoms with Gasteiger partial charge in [-0.15, -0.1) is 0 Å². The molecule has 2 heterocycles. The molecular formula is C26H34ClF3N4. The number of piperazine rings is 1. The van der Waals surface area contributed by atoms with E-state index in [-0.39, 0.29) is 0 Å². The summed E-state index contributed by atoms with van der Waals surface area (Å²) in [5.41, 5.74) is 1.78. The van der Waals surface area contributed by atoms with Gasteiger partial charge >= 0.3 is 6.18 Å². The number of nitrogens with zero attached hydrogens (tertiary/aromatic N) is 4. The average Bonchev–Trinajstić information content (AvgIpc) is 3.26. The molecule has 0 radical (unpaired) electrons. The largest absolute Gasteiger partial charge is 0.416 e. The molecule has 1 unspecified atom stereocenters. The van der Waals surface area contributed by atoms with E-state index in [0.717, 1.165) is 50.5 Å². The van der Waals surface area contributed by atoms with Gasteiger partial charge in [0.05, 0.1) is 5.56 Å². The third kappa shape index (κ3) is 5.99. The van der Waals surface area contributed by atoms with Crippen LogP contribution in [0.1, 0.15) is 30.9 Å². The zero-order valence-corrected chi connectivity index (χ0v) is 20.7. The summed E-state index contributed by atoms with van der Waals surface area (Å²) in [7, 11) is 1.99. The number of hydrogen-bond donors (Lipinski definition) is 0. The second kappa shape index (κ2) is 10.8. The Balaban J connectivity index is 1.45. The summed E-state index contributed by atoms with van der Waals surface area (Å²) in [6.07, 6.45) is -2.03. The third-order valence-electron chi connectivity index (χ3n) is 7.18. The van der Waals surface area contributed by atoms with E-state index in [1.807, 2.05) is 31.3 Å². The predicted molar refractivity (Wildman–Crippen MR) is 134 cm³/mol. The second-order valence-electron chi connectivity index (χ2n) is 9.38. The Kier molecular flexibility index (Phi) is 7.95. The van der Waals surface area contributed by atoms with Gasteiger partial charge < -0.3 is 9.80 Å². The lowest BCUT2D eigenvalue weighted by atomic mass is 10.0. The average molecular weight is 495 g/mol. The molecule has 2 saturated heterocycles. The highest BCUT2D eigenvalue weighted by molar-refractivity contribution is 6.30.